The van der Waals surface area contributed by atoms with Crippen molar-refractivity contribution in [2.24, 2.45) is 11.8 Å². The normalized spacial score (nSPS) is 25.8. The molecule has 9 nitrogen and oxygen atoms in total. The molecule has 9 heteroatoms. The lowest BCUT2D eigenvalue weighted by Gasteiger charge is -2.22. The molecule has 0 aromatic rings. The van der Waals surface area contributed by atoms with E-state index in [9.17, 15) is 19.2 Å². The monoisotopic (exact) mass is 370 g/mol. The Balaban J connectivity index is 3.03. The summed E-state index contributed by atoms with van der Waals surface area (Å²) in [5.74, 6) is -4.07. The number of methoxy groups -OCH3 is 1. The lowest BCUT2D eigenvalue weighted by Crippen LogP contribution is -2.51. The van der Waals surface area contributed by atoms with Crippen LogP contribution in [0.4, 0.5) is 0 Å². The van der Waals surface area contributed by atoms with Crippen LogP contribution in [-0.2, 0) is 28.7 Å². The molecule has 3 N–H and O–H groups in total. The minimum absolute atomic E-state index is 0.0888. The highest BCUT2D eigenvalue weighted by Crippen LogP contribution is 2.12. The van der Waals surface area contributed by atoms with Gasteiger partial charge < -0.3 is 25.2 Å². The van der Waals surface area contributed by atoms with E-state index in [1.165, 1.54) is 0 Å². The first-order chi connectivity index (χ1) is 12.3. The number of cyclic esters (lactones) is 1. The number of carbonyl (C=O) groups excluding carboxylic acids is 4. The molecule has 0 fully saturated rings. The second-order valence-corrected chi connectivity index (χ2v) is 6.20. The molecule has 26 heavy (non-hydrogen) atoms. The third-order valence-electron chi connectivity index (χ3n) is 3.92. The van der Waals surface area contributed by atoms with Crippen molar-refractivity contribution in [1.82, 2.24) is 10.6 Å². The second-order valence-electron chi connectivity index (χ2n) is 6.20. The Hall–Kier alpha value is -2.42. The molecule has 1 aliphatic rings. The summed E-state index contributed by atoms with van der Waals surface area (Å²) in [7, 11) is 1.14. The molecule has 1 aliphatic heterocycles. The Morgan fingerprint density at radius 3 is 2.65 bits per heavy atom. The van der Waals surface area contributed by atoms with Crippen LogP contribution in [0.15, 0.2) is 12.2 Å². The van der Waals surface area contributed by atoms with E-state index in [2.05, 4.69) is 15.4 Å². The van der Waals surface area contributed by atoms with Gasteiger partial charge in [-0.1, -0.05) is 19.1 Å². The molecular formula is C17H26N2O7. The average Bonchev–Trinajstić information content (AvgIpc) is 2.62. The van der Waals surface area contributed by atoms with Gasteiger partial charge in [0, 0.05) is 6.04 Å². The number of nitrogens with one attached hydrogen (secondary N) is 2. The fourth-order valence-electron chi connectivity index (χ4n) is 2.24. The summed E-state index contributed by atoms with van der Waals surface area (Å²) in [6.45, 7) is 2.62. The molecule has 1 heterocycles. The number of hydrogen-bond donors (Lipinski definition) is 3. The number of amides is 2. The second kappa shape index (κ2) is 10.5. The van der Waals surface area contributed by atoms with Crippen LogP contribution in [0, 0.1) is 11.8 Å². The summed E-state index contributed by atoms with van der Waals surface area (Å²) in [6, 6.07) is -1.73. The zero-order valence-electron chi connectivity index (χ0n) is 15.2. The number of esters is 2. The van der Waals surface area contributed by atoms with Crippen LogP contribution >= 0.6 is 0 Å². The molecular weight excluding hydrogens is 344 g/mol. The largest absolute Gasteiger partial charge is 0.467 e. The molecule has 0 aromatic carbocycles. The van der Waals surface area contributed by atoms with Crippen LogP contribution in [0.2, 0.25) is 0 Å². The molecule has 1 rings (SSSR count). The summed E-state index contributed by atoms with van der Waals surface area (Å²) in [4.78, 5) is 48.6. The van der Waals surface area contributed by atoms with Crippen LogP contribution < -0.4 is 10.6 Å². The first-order valence-electron chi connectivity index (χ1n) is 8.41. The maximum absolute atomic E-state index is 12.5. The number of ether oxygens (including phenoxy) is 2. The van der Waals surface area contributed by atoms with E-state index in [-0.39, 0.29) is 19.6 Å². The molecule has 0 bridgehead atoms. The third kappa shape index (κ3) is 6.47. The molecule has 0 saturated carbocycles. The Morgan fingerprint density at radius 1 is 1.38 bits per heavy atom. The number of aliphatic hydroxyl groups excluding tert-OH is 1. The lowest BCUT2D eigenvalue weighted by molar-refractivity contribution is -0.155. The summed E-state index contributed by atoms with van der Waals surface area (Å²) < 4.78 is 9.68. The highest BCUT2D eigenvalue weighted by molar-refractivity contribution is 6.01. The van der Waals surface area contributed by atoms with E-state index in [4.69, 9.17) is 9.84 Å². The van der Waals surface area contributed by atoms with E-state index in [1.54, 1.807) is 26.0 Å². The van der Waals surface area contributed by atoms with Gasteiger partial charge in [-0.2, -0.15) is 0 Å². The molecule has 0 aromatic heterocycles. The summed E-state index contributed by atoms with van der Waals surface area (Å²) in [5.41, 5.74) is 0. The van der Waals surface area contributed by atoms with Crippen molar-refractivity contribution in [3.8, 4) is 0 Å². The van der Waals surface area contributed by atoms with Gasteiger partial charge in [-0.15, -0.1) is 0 Å². The molecule has 0 aliphatic carbocycles. The van der Waals surface area contributed by atoms with Gasteiger partial charge in [0.25, 0.3) is 0 Å². The summed E-state index contributed by atoms with van der Waals surface area (Å²) in [6.07, 6.45) is 3.80. The molecule has 0 radical (unpaired) electrons. The van der Waals surface area contributed by atoms with Crippen molar-refractivity contribution in [1.29, 1.82) is 0 Å². The van der Waals surface area contributed by atoms with E-state index in [0.717, 1.165) is 7.11 Å². The van der Waals surface area contributed by atoms with Gasteiger partial charge in [-0.25, -0.2) is 4.79 Å². The van der Waals surface area contributed by atoms with Crippen molar-refractivity contribution >= 4 is 23.8 Å². The van der Waals surface area contributed by atoms with Gasteiger partial charge in [0.05, 0.1) is 19.6 Å². The van der Waals surface area contributed by atoms with Crippen molar-refractivity contribution in [2.75, 3.05) is 20.3 Å². The quantitative estimate of drug-likeness (QED) is 0.338. The molecule has 0 saturated heterocycles. The summed E-state index contributed by atoms with van der Waals surface area (Å²) >= 11 is 0. The summed E-state index contributed by atoms with van der Waals surface area (Å²) in [5, 5.41) is 14.0. The highest BCUT2D eigenvalue weighted by atomic mass is 16.5. The fraction of sp³-hybridized carbons (Fsp3) is 0.647. The Kier molecular flexibility index (Phi) is 8.77. The Labute approximate surface area is 152 Å². The van der Waals surface area contributed by atoms with Crippen LogP contribution in [0.1, 0.15) is 26.7 Å². The standard InChI is InChI=1S/C17H26N2O7/c1-10-6-4-5-7-12(14(21)18-11(2)8-20)15(22)19-13(17(24)25-3)9-26-16(10)23/h4-5,10-13,20H,6-9H2,1-3H3,(H,18,21)(H,19,22)/t10?,11-,12?,13?/m1/s1. The SMILES string of the molecule is COC(=O)C1COC(=O)C(C)CC=CCC(C(=O)N[C@H](C)CO)C(=O)N1. The van der Waals surface area contributed by atoms with Gasteiger partial charge in [-0.05, 0) is 19.8 Å². The maximum Gasteiger partial charge on any atom is 0.331 e. The number of allylic oxidation sites excluding steroid dienone is 2. The van der Waals surface area contributed by atoms with E-state index < -0.39 is 47.7 Å². The van der Waals surface area contributed by atoms with Gasteiger partial charge >= 0.3 is 11.9 Å². The maximum atomic E-state index is 12.5. The zero-order valence-corrected chi connectivity index (χ0v) is 15.2. The first kappa shape index (κ1) is 21.6. The predicted octanol–water partition coefficient (Wildman–Crippen LogP) is -0.713. The van der Waals surface area contributed by atoms with Gasteiger partial charge in [-0.3, -0.25) is 14.4 Å². The van der Waals surface area contributed by atoms with Crippen LogP contribution in [0.25, 0.3) is 0 Å². The van der Waals surface area contributed by atoms with Crippen molar-refractivity contribution < 1.29 is 33.8 Å². The average molecular weight is 370 g/mol. The Morgan fingerprint density at radius 2 is 2.04 bits per heavy atom. The Bertz CT molecular complexity index is 561. The van der Waals surface area contributed by atoms with E-state index in [0.29, 0.717) is 6.42 Å². The smallest absolute Gasteiger partial charge is 0.331 e. The minimum Gasteiger partial charge on any atom is -0.467 e. The molecule has 3 unspecified atom stereocenters. The highest BCUT2D eigenvalue weighted by Gasteiger charge is 2.32. The minimum atomic E-state index is -1.21. The van der Waals surface area contributed by atoms with Crippen molar-refractivity contribution in [3.05, 3.63) is 12.2 Å². The third-order valence-corrected chi connectivity index (χ3v) is 3.92. The van der Waals surface area contributed by atoms with Crippen LogP contribution in [0.5, 0.6) is 0 Å². The zero-order chi connectivity index (χ0) is 19.7. The predicted molar refractivity (Wildman–Crippen MR) is 90.6 cm³/mol. The molecule has 2 amide bonds. The number of carbonyl (C=O) groups is 4. The first-order valence-corrected chi connectivity index (χ1v) is 8.41. The molecule has 0 spiro atoms. The molecule has 146 valence electrons. The van der Waals surface area contributed by atoms with Crippen LogP contribution in [0.3, 0.4) is 0 Å². The number of hydrogen-bond acceptors (Lipinski definition) is 7. The lowest BCUT2D eigenvalue weighted by atomic mass is 10.00. The van der Waals surface area contributed by atoms with E-state index in [1.807, 2.05) is 0 Å². The topological polar surface area (TPSA) is 131 Å². The van der Waals surface area contributed by atoms with Gasteiger partial charge in [0.2, 0.25) is 11.8 Å². The van der Waals surface area contributed by atoms with Gasteiger partial charge in [0.1, 0.15) is 12.5 Å². The number of aliphatic hydroxyl groups is 1. The van der Waals surface area contributed by atoms with Crippen LogP contribution in [-0.4, -0.2) is 61.3 Å². The van der Waals surface area contributed by atoms with E-state index >= 15 is 0 Å². The molecule has 4 atom stereocenters. The van der Waals surface area contributed by atoms with Gasteiger partial charge in [0.15, 0.2) is 6.04 Å². The van der Waals surface area contributed by atoms with Crippen molar-refractivity contribution in [2.45, 2.75) is 38.8 Å². The fourth-order valence-corrected chi connectivity index (χ4v) is 2.24. The number of rotatable bonds is 4. The van der Waals surface area contributed by atoms with Crippen molar-refractivity contribution in [3.63, 3.8) is 0 Å².